The van der Waals surface area contributed by atoms with Gasteiger partial charge in [-0.05, 0) is 57.9 Å². The molecule has 1 saturated heterocycles. The molecule has 1 aromatic rings. The smallest absolute Gasteiger partial charge is 0.327 e. The highest BCUT2D eigenvalue weighted by Crippen LogP contribution is 2.18. The predicted molar refractivity (Wildman–Crippen MR) is 272 cm³/mol. The van der Waals surface area contributed by atoms with E-state index in [4.69, 9.17) is 27.7 Å². The predicted octanol–water partition coefficient (Wildman–Crippen LogP) is -2.87. The Labute approximate surface area is 429 Å². The van der Waals surface area contributed by atoms with Crippen molar-refractivity contribution in [2.24, 2.45) is 50.7 Å². The Hall–Kier alpha value is -7.61. The van der Waals surface area contributed by atoms with Crippen molar-refractivity contribution in [1.82, 2.24) is 37.2 Å². The fraction of sp³-hybridized carbons (Fsp3) is 0.562. The van der Waals surface area contributed by atoms with Crippen molar-refractivity contribution in [3.8, 4) is 0 Å². The maximum absolute atomic E-state index is 14.4. The standard InChI is InChI=1S/C48H75N13O13/c1-25(22-26(2)36(74-6)23-30-12-8-7-9-13-30)16-17-31-27(3)39(64)60-34(45(70)71)18-19-37(63)56-35(24-62)44(69)55-29(5)41(66)59-33(15-11-21-54-48(51)52)43(68)61-38(46(72)73)28(4)40(65)58-32(42(67)57-31)14-10-20-53-47(49)50/h7-9,12-13,16-17,22,26-29,31-36,38,62H,10-11,14-15,18-21,23-24H2,1-6H3,(H,55,69)(H,56,63)(H,57,67)(H,58,65)(H,59,66)(H,60,64)(H,61,68)(H,70,71)(H,72,73)(H4,49,50,53)(H4,51,52,54). The quantitative estimate of drug-likeness (QED) is 0.0304. The second-order valence-corrected chi connectivity index (χ2v) is 18.0. The number of nitrogens with zero attached hydrogens (tertiary/aromatic N) is 2. The number of carbonyl (C=O) groups excluding carboxylic acids is 7. The van der Waals surface area contributed by atoms with Crippen LogP contribution in [-0.4, -0.2) is 156 Å². The Balaban J connectivity index is 2.73. The van der Waals surface area contributed by atoms with Crippen LogP contribution in [0, 0.1) is 17.8 Å². The third-order valence-corrected chi connectivity index (χ3v) is 12.0. The SMILES string of the molecule is COC(Cc1ccccc1)C(C)C=C(C)C=CC1NC(=O)C(CCCN=C(N)N)NC(=O)C(C)C(C(=O)O)NC(=O)C(CCCN=C(N)N)NC(=O)C(C)NC(=O)C(CO)NC(=O)CCC(C(=O)O)NC(=O)C1C. The lowest BCUT2D eigenvalue weighted by Crippen LogP contribution is -2.59. The van der Waals surface area contributed by atoms with Crippen molar-refractivity contribution in [2.75, 3.05) is 26.8 Å². The van der Waals surface area contributed by atoms with E-state index < -0.39 is 127 Å². The molecule has 1 aliphatic heterocycles. The number of hydrogen-bond acceptors (Lipinski definition) is 13. The first-order valence-corrected chi connectivity index (χ1v) is 24.1. The number of nitrogens with two attached hydrogens (primary N) is 4. The van der Waals surface area contributed by atoms with Crippen molar-refractivity contribution < 1.29 is 63.2 Å². The molecule has 0 aliphatic carbocycles. The number of aliphatic imine (C=N–C) groups is 2. The number of ether oxygens (including phenoxy) is 1. The number of aliphatic hydroxyl groups is 1. The second-order valence-electron chi connectivity index (χ2n) is 18.0. The third-order valence-electron chi connectivity index (χ3n) is 12.0. The molecule has 74 heavy (non-hydrogen) atoms. The number of guanidine groups is 2. The van der Waals surface area contributed by atoms with Crippen molar-refractivity contribution in [2.45, 2.75) is 128 Å². The molecular formula is C48H75N13O13. The lowest BCUT2D eigenvalue weighted by molar-refractivity contribution is -0.146. The highest BCUT2D eigenvalue weighted by atomic mass is 16.5. The third kappa shape index (κ3) is 22.0. The summed E-state index contributed by atoms with van der Waals surface area (Å²) in [5, 5.41) is 47.4. The summed E-state index contributed by atoms with van der Waals surface area (Å²) >= 11 is 0. The van der Waals surface area contributed by atoms with Gasteiger partial charge in [-0.3, -0.25) is 43.5 Å². The number of methoxy groups -OCH3 is 1. The van der Waals surface area contributed by atoms with Gasteiger partial charge in [0.2, 0.25) is 41.4 Å². The number of allylic oxidation sites excluding steroid dienone is 2. The molecule has 0 spiro atoms. The van der Waals surface area contributed by atoms with E-state index in [1.165, 1.54) is 26.8 Å². The molecule has 1 heterocycles. The van der Waals surface area contributed by atoms with Crippen LogP contribution >= 0.6 is 0 Å². The maximum Gasteiger partial charge on any atom is 0.327 e. The number of rotatable bonds is 18. The van der Waals surface area contributed by atoms with Crippen LogP contribution in [0.2, 0.25) is 0 Å². The number of amides is 7. The number of carboxylic acids is 2. The minimum absolute atomic E-state index is 0.00372. The first-order chi connectivity index (χ1) is 34.9. The molecule has 18 N–H and O–H groups in total. The van der Waals surface area contributed by atoms with Gasteiger partial charge in [0.25, 0.3) is 0 Å². The topological polar surface area (TPSA) is 437 Å². The van der Waals surface area contributed by atoms with Gasteiger partial charge in [-0.2, -0.15) is 0 Å². The van der Waals surface area contributed by atoms with E-state index in [0.717, 1.165) is 5.56 Å². The molecule has 26 nitrogen and oxygen atoms in total. The molecule has 0 radical (unpaired) electrons. The zero-order chi connectivity index (χ0) is 55.7. The van der Waals surface area contributed by atoms with Gasteiger partial charge in [0.15, 0.2) is 11.9 Å². The van der Waals surface area contributed by atoms with Crippen LogP contribution in [0.25, 0.3) is 0 Å². The molecule has 26 heteroatoms. The van der Waals surface area contributed by atoms with Crippen molar-refractivity contribution in [1.29, 1.82) is 0 Å². The Kier molecular flexibility index (Phi) is 26.8. The summed E-state index contributed by atoms with van der Waals surface area (Å²) in [6.07, 6.45) is 4.17. The molecular weight excluding hydrogens is 967 g/mol. The van der Waals surface area contributed by atoms with Crippen LogP contribution in [0.5, 0.6) is 0 Å². The van der Waals surface area contributed by atoms with Gasteiger partial charge in [0.1, 0.15) is 36.3 Å². The van der Waals surface area contributed by atoms with Gasteiger partial charge in [0, 0.05) is 32.5 Å². The molecule has 0 saturated carbocycles. The minimum atomic E-state index is -1.96. The first kappa shape index (κ1) is 62.5. The fourth-order valence-corrected chi connectivity index (χ4v) is 7.56. The second kappa shape index (κ2) is 31.8. The molecule has 0 bridgehead atoms. The molecule has 2 rings (SSSR count). The van der Waals surface area contributed by atoms with E-state index in [1.54, 1.807) is 20.1 Å². The lowest BCUT2D eigenvalue weighted by atomic mass is 9.94. The zero-order valence-corrected chi connectivity index (χ0v) is 42.7. The normalized spacial score (nSPS) is 25.4. The molecule has 1 aromatic carbocycles. The van der Waals surface area contributed by atoms with E-state index in [1.807, 2.05) is 43.3 Å². The van der Waals surface area contributed by atoms with Gasteiger partial charge in [0.05, 0.1) is 30.6 Å². The van der Waals surface area contributed by atoms with Crippen molar-refractivity contribution >= 4 is 65.2 Å². The summed E-state index contributed by atoms with van der Waals surface area (Å²) in [4.78, 5) is 129. The number of aliphatic carboxylic acids is 2. The molecule has 7 amide bonds. The Morgan fingerprint density at radius 1 is 0.716 bits per heavy atom. The van der Waals surface area contributed by atoms with Crippen molar-refractivity contribution in [3.63, 3.8) is 0 Å². The van der Waals surface area contributed by atoms with Crippen LogP contribution in [0.1, 0.15) is 78.7 Å². The number of aliphatic hydroxyl groups excluding tert-OH is 1. The number of nitrogens with one attached hydrogen (secondary N) is 7. The van der Waals surface area contributed by atoms with E-state index in [-0.39, 0.29) is 62.7 Å². The maximum atomic E-state index is 14.4. The fourth-order valence-electron chi connectivity index (χ4n) is 7.56. The first-order valence-electron chi connectivity index (χ1n) is 24.1. The molecule has 410 valence electrons. The Morgan fingerprint density at radius 2 is 1.26 bits per heavy atom. The highest BCUT2D eigenvalue weighted by molar-refractivity contribution is 5.97. The van der Waals surface area contributed by atoms with Gasteiger partial charge < -0.3 is 80.2 Å². The van der Waals surface area contributed by atoms with E-state index in [0.29, 0.717) is 12.0 Å². The molecule has 1 fully saturated rings. The number of carboxylic acid groups (broad SMARTS) is 2. The summed E-state index contributed by atoms with van der Waals surface area (Å²) in [6, 6.07) is -1.20. The van der Waals surface area contributed by atoms with Crippen LogP contribution in [0.3, 0.4) is 0 Å². The van der Waals surface area contributed by atoms with Crippen LogP contribution in [0.15, 0.2) is 64.1 Å². The summed E-state index contributed by atoms with van der Waals surface area (Å²) < 4.78 is 5.80. The zero-order valence-electron chi connectivity index (χ0n) is 42.7. The molecule has 11 atom stereocenters. The van der Waals surface area contributed by atoms with E-state index >= 15 is 0 Å². The number of carbonyl (C=O) groups is 9. The minimum Gasteiger partial charge on any atom is -0.480 e. The average Bonchev–Trinajstić information content (AvgIpc) is 3.34. The molecule has 0 aromatic heterocycles. The number of hydrogen-bond donors (Lipinski definition) is 14. The summed E-state index contributed by atoms with van der Waals surface area (Å²) in [7, 11) is 1.60. The van der Waals surface area contributed by atoms with Crippen LogP contribution in [-0.2, 0) is 54.3 Å². The largest absolute Gasteiger partial charge is 0.480 e. The van der Waals surface area contributed by atoms with E-state index in [9.17, 15) is 58.5 Å². The monoisotopic (exact) mass is 1040 g/mol. The molecule has 1 aliphatic rings. The van der Waals surface area contributed by atoms with Gasteiger partial charge in [-0.15, -0.1) is 0 Å². The van der Waals surface area contributed by atoms with Crippen LogP contribution < -0.4 is 60.2 Å². The summed E-state index contributed by atoms with van der Waals surface area (Å²) in [6.45, 7) is 6.54. The Morgan fingerprint density at radius 3 is 1.78 bits per heavy atom. The van der Waals surface area contributed by atoms with Crippen LogP contribution in [0.4, 0.5) is 0 Å². The summed E-state index contributed by atoms with van der Waals surface area (Å²) in [5.41, 5.74) is 23.6. The Bertz CT molecular complexity index is 2220. The van der Waals surface area contributed by atoms with E-state index in [2.05, 4.69) is 47.2 Å². The average molecular weight is 1040 g/mol. The molecule has 11 unspecified atom stereocenters. The lowest BCUT2D eigenvalue weighted by Gasteiger charge is -2.28. The van der Waals surface area contributed by atoms with Crippen molar-refractivity contribution in [3.05, 3.63) is 59.7 Å². The van der Waals surface area contributed by atoms with Gasteiger partial charge in [-0.25, -0.2) is 9.59 Å². The van der Waals surface area contributed by atoms with Gasteiger partial charge in [-0.1, -0.05) is 74.9 Å². The summed E-state index contributed by atoms with van der Waals surface area (Å²) in [5.74, 6) is -13.5. The van der Waals surface area contributed by atoms with Gasteiger partial charge >= 0.3 is 11.9 Å². The number of benzene rings is 1. The highest BCUT2D eigenvalue weighted by Gasteiger charge is 2.37.